The van der Waals surface area contributed by atoms with Crippen LogP contribution in [0.1, 0.15) is 83.8 Å². The van der Waals surface area contributed by atoms with Gasteiger partial charge in [-0.1, -0.05) is 52.3 Å². The molecule has 4 heteroatoms. The third kappa shape index (κ3) is 6.86. The van der Waals surface area contributed by atoms with Crippen LogP contribution in [-0.2, 0) is 11.3 Å². The van der Waals surface area contributed by atoms with Crippen LogP contribution in [0, 0.1) is 11.3 Å². The summed E-state index contributed by atoms with van der Waals surface area (Å²) >= 11 is 0. The van der Waals surface area contributed by atoms with Gasteiger partial charge in [-0.25, -0.2) is 0 Å². The molecule has 0 amide bonds. The molecule has 0 radical (unpaired) electrons. The van der Waals surface area contributed by atoms with Crippen molar-refractivity contribution in [1.29, 1.82) is 0 Å². The molecular weight excluding hydrogens is 418 g/mol. The van der Waals surface area contributed by atoms with Crippen molar-refractivity contribution >= 4 is 11.3 Å². The monoisotopic (exact) mass is 467 g/mol. The van der Waals surface area contributed by atoms with Crippen LogP contribution in [-0.4, -0.2) is 56.9 Å². The van der Waals surface area contributed by atoms with Crippen molar-refractivity contribution in [2.75, 3.05) is 50.8 Å². The highest BCUT2D eigenvalue weighted by Crippen LogP contribution is 2.42. The number of piperazine rings is 1. The van der Waals surface area contributed by atoms with E-state index in [9.17, 15) is 0 Å². The van der Waals surface area contributed by atoms with Gasteiger partial charge in [0.15, 0.2) is 0 Å². The Kier molecular flexibility index (Phi) is 9.12. The molecule has 2 aliphatic heterocycles. The quantitative estimate of drug-likeness (QED) is 0.499. The highest BCUT2D eigenvalue weighted by atomic mass is 16.5. The maximum Gasteiger partial charge on any atom is 0.0480 e. The van der Waals surface area contributed by atoms with Gasteiger partial charge in [-0.3, -0.25) is 4.90 Å². The van der Waals surface area contributed by atoms with E-state index in [0.29, 0.717) is 11.5 Å². The molecule has 1 unspecified atom stereocenters. The van der Waals surface area contributed by atoms with E-state index in [-0.39, 0.29) is 0 Å². The molecule has 190 valence electrons. The van der Waals surface area contributed by atoms with Gasteiger partial charge in [-0.2, -0.15) is 0 Å². The summed E-state index contributed by atoms with van der Waals surface area (Å²) in [6, 6.07) is 7.90. The third-order valence-electron chi connectivity index (χ3n) is 8.40. The second-order valence-electron chi connectivity index (χ2n) is 11.9. The lowest BCUT2D eigenvalue weighted by Crippen LogP contribution is -2.47. The molecule has 3 aliphatic rings. The zero-order chi connectivity index (χ0) is 24.0. The summed E-state index contributed by atoms with van der Waals surface area (Å²) < 4.78 is 5.54. The first-order valence-electron chi connectivity index (χ1n) is 14.0. The molecule has 0 bridgehead atoms. The molecule has 2 fully saturated rings. The van der Waals surface area contributed by atoms with Crippen molar-refractivity contribution in [3.63, 3.8) is 0 Å². The van der Waals surface area contributed by atoms with E-state index in [1.165, 1.54) is 68.6 Å². The number of benzene rings is 1. The zero-order valence-electron chi connectivity index (χ0n) is 22.4. The fourth-order valence-electron chi connectivity index (χ4n) is 5.84. The van der Waals surface area contributed by atoms with Gasteiger partial charge < -0.3 is 15.0 Å². The Morgan fingerprint density at radius 1 is 1.03 bits per heavy atom. The molecular formula is C30H49N3O. The Balaban J connectivity index is 1.50. The number of hydrogen-bond donors (Lipinski definition) is 1. The molecule has 1 aromatic rings. The van der Waals surface area contributed by atoms with Crippen molar-refractivity contribution in [3.05, 3.63) is 35.4 Å². The molecule has 4 nitrogen and oxygen atoms in total. The van der Waals surface area contributed by atoms with Crippen LogP contribution in [0.2, 0.25) is 0 Å². The molecule has 1 aromatic carbocycles. The van der Waals surface area contributed by atoms with E-state index in [0.717, 1.165) is 51.6 Å². The Bertz CT molecular complexity index is 798. The summed E-state index contributed by atoms with van der Waals surface area (Å²) in [4.78, 5) is 5.33. The Morgan fingerprint density at radius 3 is 2.44 bits per heavy atom. The van der Waals surface area contributed by atoms with Crippen LogP contribution >= 0.6 is 0 Å². The topological polar surface area (TPSA) is 27.7 Å². The number of allylic oxidation sites excluding steroid dienone is 2. The molecule has 2 saturated heterocycles. The van der Waals surface area contributed by atoms with Crippen LogP contribution in [0.15, 0.2) is 24.3 Å². The fourth-order valence-corrected chi connectivity index (χ4v) is 5.84. The average Bonchev–Trinajstić information content (AvgIpc) is 2.86. The zero-order valence-corrected chi connectivity index (χ0v) is 22.4. The van der Waals surface area contributed by atoms with Gasteiger partial charge >= 0.3 is 0 Å². The van der Waals surface area contributed by atoms with Gasteiger partial charge in [0.05, 0.1) is 0 Å². The number of hydrogen-bond acceptors (Lipinski definition) is 4. The van der Waals surface area contributed by atoms with E-state index < -0.39 is 0 Å². The lowest BCUT2D eigenvalue weighted by molar-refractivity contribution is 0.0776. The first-order valence-corrected chi connectivity index (χ1v) is 14.0. The van der Waals surface area contributed by atoms with Crippen LogP contribution in [0.5, 0.6) is 0 Å². The number of nitrogens with zero attached hydrogens (tertiary/aromatic N) is 2. The largest absolute Gasteiger partial charge is 0.381 e. The second kappa shape index (κ2) is 12.1. The highest BCUT2D eigenvalue weighted by molar-refractivity contribution is 5.78. The minimum Gasteiger partial charge on any atom is -0.381 e. The van der Waals surface area contributed by atoms with Crippen LogP contribution < -0.4 is 10.2 Å². The number of nitrogens with one attached hydrogen (secondary N) is 1. The van der Waals surface area contributed by atoms with Crippen LogP contribution in [0.25, 0.3) is 5.57 Å². The number of anilines is 1. The van der Waals surface area contributed by atoms with Gasteiger partial charge in [0.2, 0.25) is 0 Å². The smallest absolute Gasteiger partial charge is 0.0480 e. The summed E-state index contributed by atoms with van der Waals surface area (Å²) in [5, 5.41) is 3.80. The van der Waals surface area contributed by atoms with Crippen molar-refractivity contribution < 1.29 is 4.74 Å². The van der Waals surface area contributed by atoms with Crippen molar-refractivity contribution in [2.45, 2.75) is 85.2 Å². The van der Waals surface area contributed by atoms with Crippen LogP contribution in [0.4, 0.5) is 5.69 Å². The lowest BCUT2D eigenvalue weighted by Gasteiger charge is -2.38. The second-order valence-corrected chi connectivity index (χ2v) is 11.9. The van der Waals surface area contributed by atoms with E-state index in [1.807, 2.05) is 0 Å². The molecule has 4 rings (SSSR count). The van der Waals surface area contributed by atoms with E-state index in [4.69, 9.17) is 4.74 Å². The minimum atomic E-state index is 0.402. The van der Waals surface area contributed by atoms with Gasteiger partial charge in [-0.15, -0.1) is 0 Å². The normalized spacial score (nSPS) is 23.2. The summed E-state index contributed by atoms with van der Waals surface area (Å²) in [5.41, 5.74) is 6.36. The number of ether oxygens (including phenoxy) is 1. The molecule has 1 aliphatic carbocycles. The molecule has 1 N–H and O–H groups in total. The van der Waals surface area contributed by atoms with E-state index >= 15 is 0 Å². The number of rotatable bonds is 8. The maximum atomic E-state index is 5.54. The van der Waals surface area contributed by atoms with Gasteiger partial charge in [0.1, 0.15) is 0 Å². The molecule has 0 spiro atoms. The van der Waals surface area contributed by atoms with Gasteiger partial charge in [0, 0.05) is 63.2 Å². The number of unbranched alkanes of at least 4 members (excludes halogenated alkanes) is 1. The van der Waals surface area contributed by atoms with Gasteiger partial charge in [0.25, 0.3) is 0 Å². The molecule has 0 aromatic heterocycles. The Morgan fingerprint density at radius 2 is 1.79 bits per heavy atom. The summed E-state index contributed by atoms with van der Waals surface area (Å²) in [5.74, 6) is 0.796. The van der Waals surface area contributed by atoms with Crippen molar-refractivity contribution in [1.82, 2.24) is 10.2 Å². The maximum absolute atomic E-state index is 5.54. The Labute approximate surface area is 209 Å². The third-order valence-corrected chi connectivity index (χ3v) is 8.40. The summed E-state index contributed by atoms with van der Waals surface area (Å²) in [6.45, 7) is 18.2. The predicted molar refractivity (Wildman–Crippen MR) is 145 cm³/mol. The van der Waals surface area contributed by atoms with Crippen LogP contribution in [0.3, 0.4) is 0 Å². The predicted octanol–water partition coefficient (Wildman–Crippen LogP) is 6.11. The summed E-state index contributed by atoms with van der Waals surface area (Å²) in [6.07, 6.45) is 11.2. The molecule has 0 saturated carbocycles. The molecule has 1 atom stereocenters. The molecule has 34 heavy (non-hydrogen) atoms. The first-order chi connectivity index (χ1) is 16.4. The summed E-state index contributed by atoms with van der Waals surface area (Å²) in [7, 11) is 0. The Hall–Kier alpha value is -1.36. The van der Waals surface area contributed by atoms with Gasteiger partial charge in [-0.05, 0) is 73.6 Å². The lowest BCUT2D eigenvalue weighted by atomic mass is 9.72. The van der Waals surface area contributed by atoms with E-state index in [1.54, 1.807) is 5.57 Å². The SMILES string of the molecule is CCCCN1CCN(c2cc(CNC3CCOCC3)ccc2C2=CCC(C(C)(C)C)CC2)CC1. The van der Waals surface area contributed by atoms with Crippen molar-refractivity contribution in [3.8, 4) is 0 Å². The average molecular weight is 468 g/mol. The van der Waals surface area contributed by atoms with Crippen molar-refractivity contribution in [2.24, 2.45) is 11.3 Å². The molecule has 2 heterocycles. The van der Waals surface area contributed by atoms with E-state index in [2.05, 4.69) is 67.1 Å². The fraction of sp³-hybridized carbons (Fsp3) is 0.733. The highest BCUT2D eigenvalue weighted by Gasteiger charge is 2.28. The first kappa shape index (κ1) is 25.7. The standard InChI is InChI=1S/C30H49N3O/c1-5-6-15-32-16-18-33(19-17-32)29-22-24(23-31-27-13-20-34-21-14-27)7-12-28(29)25-8-10-26(11-9-25)30(2,3)4/h7-8,12,22,26-27,31H,5-6,9-11,13-21,23H2,1-4H3. The minimum absolute atomic E-state index is 0.402.